The van der Waals surface area contributed by atoms with E-state index in [1.165, 1.54) is 0 Å². The summed E-state index contributed by atoms with van der Waals surface area (Å²) in [6, 6.07) is 3.07. The molecule has 5 heterocycles. The predicted octanol–water partition coefficient (Wildman–Crippen LogP) is 2.37. The Hall–Kier alpha value is -2.75. The van der Waals surface area contributed by atoms with Gasteiger partial charge in [0, 0.05) is 54.9 Å². The second kappa shape index (κ2) is 7.19. The maximum atomic E-state index is 6.19. The zero-order chi connectivity index (χ0) is 20.1. The van der Waals surface area contributed by atoms with E-state index in [-0.39, 0.29) is 0 Å². The third-order valence-electron chi connectivity index (χ3n) is 6.06. The van der Waals surface area contributed by atoms with Gasteiger partial charge >= 0.3 is 0 Å². The average Bonchev–Trinajstić information content (AvgIpc) is 3.34. The van der Waals surface area contributed by atoms with Crippen LogP contribution in [0.2, 0.25) is 5.15 Å². The van der Waals surface area contributed by atoms with Gasteiger partial charge in [-0.25, -0.2) is 19.5 Å². The molecule has 2 aliphatic rings. The third kappa shape index (κ3) is 3.10. The van der Waals surface area contributed by atoms with Gasteiger partial charge in [-0.15, -0.1) is 5.10 Å². The normalized spacial score (nSPS) is 22.4. The number of aromatic nitrogens is 6. The van der Waals surface area contributed by atoms with Crippen LogP contribution in [0.3, 0.4) is 0 Å². The number of hydrogen-bond donors (Lipinski definition) is 1. The predicted molar refractivity (Wildman–Crippen MR) is 113 cm³/mol. The molecule has 0 radical (unpaired) electrons. The van der Waals surface area contributed by atoms with E-state index in [2.05, 4.69) is 30.3 Å². The van der Waals surface area contributed by atoms with Crippen molar-refractivity contribution in [3.63, 3.8) is 0 Å². The van der Waals surface area contributed by atoms with E-state index in [0.717, 1.165) is 55.8 Å². The highest BCUT2D eigenvalue weighted by atomic mass is 35.5. The fourth-order valence-electron chi connectivity index (χ4n) is 4.32. The van der Waals surface area contributed by atoms with Crippen molar-refractivity contribution in [3.05, 3.63) is 42.2 Å². The van der Waals surface area contributed by atoms with Crippen LogP contribution in [0.4, 0.5) is 5.95 Å². The lowest BCUT2D eigenvalue weighted by Gasteiger charge is -2.44. The fraction of sp³-hybridized carbons (Fsp3) is 0.400. The molecular weight excluding hydrogens is 404 g/mol. The topological polar surface area (TPSA) is 84.9 Å². The Bertz CT molecular complexity index is 1210. The largest absolute Gasteiger partial charge is 0.379 e. The summed E-state index contributed by atoms with van der Waals surface area (Å²) in [6.45, 7) is 3.77. The van der Waals surface area contributed by atoms with Gasteiger partial charge in [-0.1, -0.05) is 11.6 Å². The van der Waals surface area contributed by atoms with Crippen LogP contribution < -0.4 is 5.32 Å². The van der Waals surface area contributed by atoms with Gasteiger partial charge in [-0.3, -0.25) is 9.30 Å². The molecule has 0 spiro atoms. The molecule has 0 unspecified atom stereocenters. The number of nitrogens with one attached hydrogen (secondary N) is 1. The monoisotopic (exact) mass is 424 g/mol. The lowest BCUT2D eigenvalue weighted by atomic mass is 9.85. The van der Waals surface area contributed by atoms with Gasteiger partial charge in [0.1, 0.15) is 5.15 Å². The van der Waals surface area contributed by atoms with Crippen LogP contribution in [-0.4, -0.2) is 72.3 Å². The summed E-state index contributed by atoms with van der Waals surface area (Å²) in [7, 11) is 0. The summed E-state index contributed by atoms with van der Waals surface area (Å²) in [5.74, 6) is 1.23. The second-order valence-electron chi connectivity index (χ2n) is 7.85. The Labute approximate surface area is 177 Å². The highest BCUT2D eigenvalue weighted by Crippen LogP contribution is 2.29. The van der Waals surface area contributed by atoms with Crippen molar-refractivity contribution in [3.8, 4) is 11.1 Å². The van der Waals surface area contributed by atoms with Gasteiger partial charge in [-0.05, 0) is 18.9 Å². The van der Waals surface area contributed by atoms with Gasteiger partial charge in [0.15, 0.2) is 0 Å². The summed E-state index contributed by atoms with van der Waals surface area (Å²) in [4.78, 5) is 15.6. The molecule has 0 aromatic carbocycles. The molecule has 9 nitrogen and oxygen atoms in total. The SMILES string of the molecule is Clc1cnc2ncc(-c3ccn4nc(N[C@H]5C[C@@H](N6CCOCC6)C5)ncc34)cn12. The number of hydrogen-bond acceptors (Lipinski definition) is 7. The second-order valence-corrected chi connectivity index (χ2v) is 8.24. The number of ether oxygens (including phenoxy) is 1. The number of anilines is 1. The summed E-state index contributed by atoms with van der Waals surface area (Å²) in [5.41, 5.74) is 2.84. The van der Waals surface area contributed by atoms with Crippen molar-refractivity contribution < 1.29 is 4.74 Å². The summed E-state index contributed by atoms with van der Waals surface area (Å²) >= 11 is 6.19. The van der Waals surface area contributed by atoms with Gasteiger partial charge in [0.05, 0.1) is 31.1 Å². The first-order valence-corrected chi connectivity index (χ1v) is 10.5. The van der Waals surface area contributed by atoms with Crippen LogP contribution in [0.1, 0.15) is 12.8 Å². The minimum absolute atomic E-state index is 0.417. The van der Waals surface area contributed by atoms with Crippen LogP contribution in [0.25, 0.3) is 22.4 Å². The van der Waals surface area contributed by atoms with Gasteiger partial charge in [-0.2, -0.15) is 0 Å². The molecule has 1 aliphatic carbocycles. The first kappa shape index (κ1) is 18.1. The van der Waals surface area contributed by atoms with E-state index in [4.69, 9.17) is 16.3 Å². The van der Waals surface area contributed by atoms with Crippen molar-refractivity contribution in [2.45, 2.75) is 24.9 Å². The number of nitrogens with zero attached hydrogens (tertiary/aromatic N) is 7. The van der Waals surface area contributed by atoms with E-state index in [9.17, 15) is 0 Å². The summed E-state index contributed by atoms with van der Waals surface area (Å²) < 4.78 is 9.06. The van der Waals surface area contributed by atoms with E-state index in [1.807, 2.05) is 29.2 Å². The zero-order valence-electron chi connectivity index (χ0n) is 16.3. The maximum absolute atomic E-state index is 6.19. The number of imidazole rings is 1. The zero-order valence-corrected chi connectivity index (χ0v) is 17.0. The first-order chi connectivity index (χ1) is 14.7. The van der Waals surface area contributed by atoms with Crippen molar-refractivity contribution in [1.29, 1.82) is 0 Å². The number of rotatable bonds is 4. The standard InChI is InChI=1S/C20H21ClN8O/c21-18-11-24-20-23-9-13(12-28(18)20)16-1-2-29-17(16)10-22-19(26-29)25-14-7-15(8-14)27-3-5-30-6-4-27/h1-2,9-12,14-15H,3-8H2,(H,25,26)/t14-,15+. The van der Waals surface area contributed by atoms with Crippen molar-refractivity contribution >= 4 is 28.8 Å². The van der Waals surface area contributed by atoms with Crippen molar-refractivity contribution in [2.24, 2.45) is 0 Å². The molecule has 2 fully saturated rings. The average molecular weight is 425 g/mol. The van der Waals surface area contributed by atoms with Crippen LogP contribution in [0.5, 0.6) is 0 Å². The molecule has 4 aromatic rings. The Morgan fingerprint density at radius 2 is 1.90 bits per heavy atom. The lowest BCUT2D eigenvalue weighted by Crippen LogP contribution is -2.53. The highest BCUT2D eigenvalue weighted by Gasteiger charge is 2.34. The molecule has 1 saturated carbocycles. The fourth-order valence-corrected chi connectivity index (χ4v) is 4.50. The van der Waals surface area contributed by atoms with Gasteiger partial charge in [0.2, 0.25) is 11.7 Å². The lowest BCUT2D eigenvalue weighted by molar-refractivity contribution is -0.00443. The molecule has 30 heavy (non-hydrogen) atoms. The van der Waals surface area contributed by atoms with Crippen molar-refractivity contribution in [1.82, 2.24) is 33.9 Å². The van der Waals surface area contributed by atoms with E-state index >= 15 is 0 Å². The molecular formula is C20H21ClN8O. The van der Waals surface area contributed by atoms with Crippen LogP contribution in [0, 0.1) is 0 Å². The molecule has 1 N–H and O–H groups in total. The van der Waals surface area contributed by atoms with Crippen LogP contribution in [-0.2, 0) is 4.74 Å². The number of halogens is 1. The molecule has 0 atom stereocenters. The molecule has 154 valence electrons. The Kier molecular flexibility index (Phi) is 4.33. The molecule has 0 amide bonds. The molecule has 10 heteroatoms. The molecule has 0 bridgehead atoms. The van der Waals surface area contributed by atoms with Crippen LogP contribution in [0.15, 0.2) is 37.1 Å². The Morgan fingerprint density at radius 1 is 1.07 bits per heavy atom. The minimum Gasteiger partial charge on any atom is -0.379 e. The molecule has 4 aromatic heterocycles. The van der Waals surface area contributed by atoms with E-state index in [0.29, 0.717) is 29.0 Å². The molecule has 1 saturated heterocycles. The molecule has 1 aliphatic heterocycles. The summed E-state index contributed by atoms with van der Waals surface area (Å²) in [5, 5.41) is 8.65. The van der Waals surface area contributed by atoms with Gasteiger partial charge in [0.25, 0.3) is 0 Å². The Balaban J connectivity index is 1.19. The molecule has 6 rings (SSSR count). The highest BCUT2D eigenvalue weighted by molar-refractivity contribution is 6.29. The van der Waals surface area contributed by atoms with E-state index in [1.54, 1.807) is 16.8 Å². The Morgan fingerprint density at radius 3 is 2.77 bits per heavy atom. The van der Waals surface area contributed by atoms with Crippen LogP contribution >= 0.6 is 11.6 Å². The number of morpholine rings is 1. The number of fused-ring (bicyclic) bond motifs is 2. The minimum atomic E-state index is 0.417. The van der Waals surface area contributed by atoms with Gasteiger partial charge < -0.3 is 10.1 Å². The summed E-state index contributed by atoms with van der Waals surface area (Å²) in [6.07, 6.45) is 11.3. The smallest absolute Gasteiger partial charge is 0.241 e. The third-order valence-corrected chi connectivity index (χ3v) is 6.34. The first-order valence-electron chi connectivity index (χ1n) is 10.2. The van der Waals surface area contributed by atoms with E-state index < -0.39 is 0 Å². The maximum Gasteiger partial charge on any atom is 0.241 e. The van der Waals surface area contributed by atoms with Crippen molar-refractivity contribution in [2.75, 3.05) is 31.6 Å². The quantitative estimate of drug-likeness (QED) is 0.538.